The largest absolute Gasteiger partial charge is 0.361 e. The molecule has 2 rings (SSSR count). The zero-order chi connectivity index (χ0) is 21.4. The van der Waals surface area contributed by atoms with Crippen molar-refractivity contribution in [1.82, 2.24) is 20.9 Å². The molecule has 1 aromatic carbocycles. The van der Waals surface area contributed by atoms with Crippen molar-refractivity contribution in [1.29, 1.82) is 0 Å². The van der Waals surface area contributed by atoms with Crippen molar-refractivity contribution in [3.05, 3.63) is 36.0 Å². The maximum Gasteiger partial charge on any atom is 0.312 e. The lowest BCUT2D eigenvalue weighted by atomic mass is 9.97. The third kappa shape index (κ3) is 6.32. The van der Waals surface area contributed by atoms with Gasteiger partial charge in [-0.3, -0.25) is 9.59 Å². The molecule has 2 aromatic rings. The molecular formula is C21H31N5O3. The molecule has 0 radical (unpaired) electrons. The van der Waals surface area contributed by atoms with Crippen molar-refractivity contribution >= 4 is 28.6 Å². The van der Waals surface area contributed by atoms with Gasteiger partial charge >= 0.3 is 6.03 Å². The molecule has 8 nitrogen and oxygen atoms in total. The Morgan fingerprint density at radius 1 is 1.14 bits per heavy atom. The molecule has 6 N–H and O–H groups in total. The van der Waals surface area contributed by atoms with Crippen molar-refractivity contribution in [2.45, 2.75) is 45.2 Å². The lowest BCUT2D eigenvalue weighted by Crippen LogP contribution is -2.51. The van der Waals surface area contributed by atoms with Crippen LogP contribution in [0.4, 0.5) is 4.79 Å². The first kappa shape index (κ1) is 22.4. The van der Waals surface area contributed by atoms with Gasteiger partial charge in [0.1, 0.15) is 0 Å². The maximum atomic E-state index is 12.9. The number of para-hydroxylation sites is 1. The summed E-state index contributed by atoms with van der Waals surface area (Å²) < 4.78 is 0. The fourth-order valence-electron chi connectivity index (χ4n) is 3.32. The van der Waals surface area contributed by atoms with Gasteiger partial charge in [0.15, 0.2) is 5.78 Å². The van der Waals surface area contributed by atoms with E-state index in [-0.39, 0.29) is 17.6 Å². The summed E-state index contributed by atoms with van der Waals surface area (Å²) in [5, 5.41) is 9.52. The van der Waals surface area contributed by atoms with Gasteiger partial charge < -0.3 is 26.7 Å². The van der Waals surface area contributed by atoms with Crippen LogP contribution in [-0.2, 0) is 16.0 Å². The zero-order valence-electron chi connectivity index (χ0n) is 17.2. The van der Waals surface area contributed by atoms with Crippen molar-refractivity contribution in [3.63, 3.8) is 0 Å². The van der Waals surface area contributed by atoms with E-state index in [1.54, 1.807) is 7.05 Å². The van der Waals surface area contributed by atoms with E-state index in [9.17, 15) is 14.4 Å². The molecular weight excluding hydrogens is 370 g/mol. The maximum absolute atomic E-state index is 12.9. The third-order valence-electron chi connectivity index (χ3n) is 4.96. The van der Waals surface area contributed by atoms with Crippen LogP contribution in [0.3, 0.4) is 0 Å². The van der Waals surface area contributed by atoms with E-state index in [1.807, 2.05) is 44.3 Å². The molecule has 158 valence electrons. The van der Waals surface area contributed by atoms with Gasteiger partial charge in [-0.25, -0.2) is 4.79 Å². The van der Waals surface area contributed by atoms with Gasteiger partial charge in [-0.1, -0.05) is 32.0 Å². The van der Waals surface area contributed by atoms with Crippen LogP contribution in [-0.4, -0.2) is 48.4 Å². The van der Waals surface area contributed by atoms with Crippen LogP contribution in [0.5, 0.6) is 0 Å². The summed E-state index contributed by atoms with van der Waals surface area (Å²) in [4.78, 5) is 39.5. The average molecular weight is 402 g/mol. The SMILES string of the molecule is CN[C@@H](Cc1c[nH]c2ccccc12)C(=O)N[C@@H](CCCNC(N)=O)C(=O)C(C)C. The molecule has 3 amide bonds. The summed E-state index contributed by atoms with van der Waals surface area (Å²) in [6.07, 6.45) is 3.39. The number of carbonyl (C=O) groups excluding carboxylic acids is 3. The van der Waals surface area contributed by atoms with E-state index >= 15 is 0 Å². The Balaban J connectivity index is 2.04. The molecule has 8 heteroatoms. The van der Waals surface area contributed by atoms with E-state index < -0.39 is 18.1 Å². The number of likely N-dealkylation sites (N-methyl/N-ethyl adjacent to an activating group) is 1. The van der Waals surface area contributed by atoms with Crippen LogP contribution < -0.4 is 21.7 Å². The fraction of sp³-hybridized carbons (Fsp3) is 0.476. The Morgan fingerprint density at radius 3 is 2.52 bits per heavy atom. The number of amides is 3. The molecule has 1 aromatic heterocycles. The summed E-state index contributed by atoms with van der Waals surface area (Å²) >= 11 is 0. The highest BCUT2D eigenvalue weighted by atomic mass is 16.2. The van der Waals surface area contributed by atoms with Crippen LogP contribution in [0.15, 0.2) is 30.5 Å². The number of urea groups is 1. The number of carbonyl (C=O) groups is 3. The number of benzene rings is 1. The Bertz CT molecular complexity index is 846. The van der Waals surface area contributed by atoms with Gasteiger partial charge in [-0.15, -0.1) is 0 Å². The molecule has 0 aliphatic heterocycles. The van der Waals surface area contributed by atoms with Crippen LogP contribution >= 0.6 is 0 Å². The minimum absolute atomic E-state index is 0.0284. The van der Waals surface area contributed by atoms with Gasteiger partial charge in [0.25, 0.3) is 0 Å². The van der Waals surface area contributed by atoms with Crippen LogP contribution in [0.1, 0.15) is 32.3 Å². The Labute approximate surface area is 171 Å². The minimum atomic E-state index is -0.602. The predicted molar refractivity (Wildman–Crippen MR) is 113 cm³/mol. The zero-order valence-corrected chi connectivity index (χ0v) is 17.2. The minimum Gasteiger partial charge on any atom is -0.361 e. The monoisotopic (exact) mass is 401 g/mol. The highest BCUT2D eigenvalue weighted by molar-refractivity contribution is 5.92. The first-order chi connectivity index (χ1) is 13.8. The van der Waals surface area contributed by atoms with Crippen molar-refractivity contribution in [2.75, 3.05) is 13.6 Å². The molecule has 0 saturated carbocycles. The number of nitrogens with two attached hydrogens (primary N) is 1. The molecule has 0 bridgehead atoms. The number of aromatic nitrogens is 1. The second kappa shape index (κ2) is 10.6. The van der Waals surface area contributed by atoms with Crippen molar-refractivity contribution < 1.29 is 14.4 Å². The molecule has 0 aliphatic carbocycles. The third-order valence-corrected chi connectivity index (χ3v) is 4.96. The normalized spacial score (nSPS) is 13.2. The number of hydrogen-bond donors (Lipinski definition) is 5. The number of fused-ring (bicyclic) bond motifs is 1. The van der Waals surface area contributed by atoms with E-state index in [0.29, 0.717) is 25.8 Å². The van der Waals surface area contributed by atoms with Gasteiger partial charge in [-0.2, -0.15) is 0 Å². The molecule has 0 aliphatic rings. The van der Waals surface area contributed by atoms with Crippen LogP contribution in [0, 0.1) is 5.92 Å². The average Bonchev–Trinajstić information content (AvgIpc) is 3.10. The Kier molecular flexibility index (Phi) is 8.21. The summed E-state index contributed by atoms with van der Waals surface area (Å²) in [6, 6.07) is 6.25. The molecule has 2 atom stereocenters. The Morgan fingerprint density at radius 2 is 1.86 bits per heavy atom. The first-order valence-corrected chi connectivity index (χ1v) is 9.93. The van der Waals surface area contributed by atoms with E-state index in [0.717, 1.165) is 16.5 Å². The Hall–Kier alpha value is -2.87. The molecule has 0 unspecified atom stereocenters. The molecule has 0 spiro atoms. The smallest absolute Gasteiger partial charge is 0.312 e. The summed E-state index contributed by atoms with van der Waals surface area (Å²) in [5.41, 5.74) is 7.12. The highest BCUT2D eigenvalue weighted by Gasteiger charge is 2.26. The van der Waals surface area contributed by atoms with Crippen LogP contribution in [0.2, 0.25) is 0 Å². The highest BCUT2D eigenvalue weighted by Crippen LogP contribution is 2.19. The van der Waals surface area contributed by atoms with Gasteiger partial charge in [0.2, 0.25) is 5.91 Å². The number of hydrogen-bond acceptors (Lipinski definition) is 4. The summed E-state index contributed by atoms with van der Waals surface area (Å²) in [7, 11) is 1.73. The van der Waals surface area contributed by atoms with Gasteiger partial charge in [-0.05, 0) is 37.9 Å². The van der Waals surface area contributed by atoms with Crippen LogP contribution in [0.25, 0.3) is 10.9 Å². The van der Waals surface area contributed by atoms with Crippen molar-refractivity contribution in [2.24, 2.45) is 11.7 Å². The summed E-state index contributed by atoms with van der Waals surface area (Å²) in [6.45, 7) is 3.98. The second-order valence-corrected chi connectivity index (χ2v) is 7.46. The second-order valence-electron chi connectivity index (χ2n) is 7.46. The van der Waals surface area contributed by atoms with Gasteiger partial charge in [0.05, 0.1) is 12.1 Å². The number of ketones is 1. The predicted octanol–water partition coefficient (Wildman–Crippen LogP) is 1.46. The fourth-order valence-corrected chi connectivity index (χ4v) is 3.32. The molecule has 0 saturated heterocycles. The van der Waals surface area contributed by atoms with E-state index in [1.165, 1.54) is 0 Å². The van der Waals surface area contributed by atoms with E-state index in [2.05, 4.69) is 20.9 Å². The lowest BCUT2D eigenvalue weighted by Gasteiger charge is -2.23. The number of primary amides is 1. The van der Waals surface area contributed by atoms with Crippen molar-refractivity contribution in [3.8, 4) is 0 Å². The summed E-state index contributed by atoms with van der Waals surface area (Å²) in [5.74, 6) is -0.454. The first-order valence-electron chi connectivity index (χ1n) is 9.93. The topological polar surface area (TPSA) is 129 Å². The molecule has 29 heavy (non-hydrogen) atoms. The number of aromatic amines is 1. The number of rotatable bonds is 11. The lowest BCUT2D eigenvalue weighted by molar-refractivity contribution is -0.130. The number of H-pyrrole nitrogens is 1. The van der Waals surface area contributed by atoms with Gasteiger partial charge in [0, 0.05) is 29.6 Å². The number of Topliss-reactive ketones (excluding diaryl/α,β-unsaturated/α-hetero) is 1. The quantitative estimate of drug-likeness (QED) is 0.365. The number of nitrogens with one attached hydrogen (secondary N) is 4. The molecule has 0 fully saturated rings. The standard InChI is InChI=1S/C21H31N5O3/c1-13(2)19(27)17(9-6-10-24-21(22)29)26-20(28)18(23-3)11-14-12-25-16-8-5-4-7-15(14)16/h4-5,7-8,12-13,17-18,23,25H,6,9-11H2,1-3H3,(H,26,28)(H3,22,24,29)/t17-,18-/m0/s1. The molecule has 1 heterocycles. The van der Waals surface area contributed by atoms with E-state index in [4.69, 9.17) is 5.73 Å².